The van der Waals surface area contributed by atoms with E-state index in [1.807, 2.05) is 23.1 Å². The number of rotatable bonds is 3. The number of nitrogens with one attached hydrogen (secondary N) is 1. The van der Waals surface area contributed by atoms with Crippen molar-refractivity contribution in [2.45, 2.75) is 11.8 Å². The molecule has 1 aromatic heterocycles. The average Bonchev–Trinajstić information content (AvgIpc) is 3.02. The highest BCUT2D eigenvalue weighted by Crippen LogP contribution is 2.27. The maximum absolute atomic E-state index is 12.9. The van der Waals surface area contributed by atoms with Crippen molar-refractivity contribution >= 4 is 26.8 Å². The highest BCUT2D eigenvalue weighted by Gasteiger charge is 2.30. The average molecular weight is 373 g/mol. The number of benzene rings is 2. The molecule has 1 fully saturated rings. The fourth-order valence-electron chi connectivity index (χ4n) is 3.36. The van der Waals surface area contributed by atoms with Gasteiger partial charge in [-0.2, -0.15) is 4.31 Å². The number of nitrogens with zero attached hydrogens (tertiary/aromatic N) is 2. The third-order valence-corrected chi connectivity index (χ3v) is 6.78. The first-order valence-corrected chi connectivity index (χ1v) is 9.83. The Labute approximate surface area is 150 Å². The Morgan fingerprint density at radius 1 is 1.00 bits per heavy atom. The third-order valence-electron chi connectivity index (χ3n) is 4.72. The van der Waals surface area contributed by atoms with E-state index in [1.165, 1.54) is 4.31 Å². The van der Waals surface area contributed by atoms with Crippen LogP contribution < -0.4 is 10.7 Å². The number of aromatic nitrogens is 1. The van der Waals surface area contributed by atoms with Crippen LogP contribution in [0.1, 0.15) is 5.56 Å². The number of hydrogen-bond donors (Lipinski definition) is 1. The van der Waals surface area contributed by atoms with Crippen molar-refractivity contribution in [3.8, 4) is 0 Å². The van der Waals surface area contributed by atoms with Gasteiger partial charge in [0.1, 0.15) is 0 Å². The molecule has 3 aromatic rings. The zero-order chi connectivity index (χ0) is 18.3. The smallest absolute Gasteiger partial charge is 0.406 e. The van der Waals surface area contributed by atoms with Crippen LogP contribution in [0.2, 0.25) is 0 Å². The third kappa shape index (κ3) is 2.81. The van der Waals surface area contributed by atoms with Crippen LogP contribution in [0.5, 0.6) is 0 Å². The number of para-hydroxylation sites is 1. The Bertz CT molecular complexity index is 1110. The summed E-state index contributed by atoms with van der Waals surface area (Å²) in [5.74, 6) is -0.492. The summed E-state index contributed by atoms with van der Waals surface area (Å²) >= 11 is 0. The lowest BCUT2D eigenvalue weighted by Crippen LogP contribution is -2.48. The summed E-state index contributed by atoms with van der Waals surface area (Å²) in [6, 6.07) is 12.5. The Hall–Kier alpha value is -2.58. The van der Waals surface area contributed by atoms with E-state index in [9.17, 15) is 13.2 Å². The molecule has 0 unspecified atom stereocenters. The topological polar surface area (TPSA) is 86.6 Å². The number of fused-ring (bicyclic) bond motifs is 1. The van der Waals surface area contributed by atoms with E-state index in [-0.39, 0.29) is 0 Å². The number of oxazole rings is 1. The number of piperazine rings is 1. The van der Waals surface area contributed by atoms with E-state index in [4.69, 9.17) is 4.42 Å². The zero-order valence-corrected chi connectivity index (χ0v) is 15.1. The molecule has 1 aliphatic heterocycles. The Kier molecular flexibility index (Phi) is 4.08. The fourth-order valence-corrected chi connectivity index (χ4v) is 5.01. The van der Waals surface area contributed by atoms with E-state index in [0.717, 1.165) is 11.3 Å². The molecule has 1 aliphatic rings. The van der Waals surface area contributed by atoms with Crippen LogP contribution in [-0.4, -0.2) is 43.9 Å². The van der Waals surface area contributed by atoms with Gasteiger partial charge in [0.15, 0.2) is 5.58 Å². The van der Waals surface area contributed by atoms with Crippen molar-refractivity contribution in [2.24, 2.45) is 0 Å². The molecule has 2 aromatic carbocycles. The van der Waals surface area contributed by atoms with Crippen molar-refractivity contribution in [3.05, 3.63) is 58.6 Å². The van der Waals surface area contributed by atoms with E-state index in [0.29, 0.717) is 42.2 Å². The van der Waals surface area contributed by atoms with Crippen LogP contribution in [0.3, 0.4) is 0 Å². The molecule has 0 radical (unpaired) electrons. The van der Waals surface area contributed by atoms with E-state index in [1.54, 1.807) is 31.2 Å². The maximum Gasteiger partial charge on any atom is 0.417 e. The van der Waals surface area contributed by atoms with Gasteiger partial charge < -0.3 is 9.32 Å². The molecule has 8 heteroatoms. The zero-order valence-electron chi connectivity index (χ0n) is 14.3. The van der Waals surface area contributed by atoms with Gasteiger partial charge in [-0.15, -0.1) is 0 Å². The minimum Gasteiger partial charge on any atom is -0.406 e. The van der Waals surface area contributed by atoms with Gasteiger partial charge >= 0.3 is 5.76 Å². The second-order valence-corrected chi connectivity index (χ2v) is 8.23. The van der Waals surface area contributed by atoms with Gasteiger partial charge in [-0.3, -0.25) is 4.98 Å². The summed E-state index contributed by atoms with van der Waals surface area (Å²) in [6.07, 6.45) is 0. The first-order valence-electron chi connectivity index (χ1n) is 8.39. The van der Waals surface area contributed by atoms with Gasteiger partial charge in [0, 0.05) is 26.2 Å². The summed E-state index contributed by atoms with van der Waals surface area (Å²) in [5.41, 5.74) is 2.69. The van der Waals surface area contributed by atoms with Crippen LogP contribution in [0, 0.1) is 6.92 Å². The van der Waals surface area contributed by atoms with E-state index < -0.39 is 15.8 Å². The predicted octanol–water partition coefficient (Wildman–Crippen LogP) is 1.94. The van der Waals surface area contributed by atoms with Gasteiger partial charge in [-0.1, -0.05) is 24.3 Å². The van der Waals surface area contributed by atoms with Crippen LogP contribution in [0.15, 0.2) is 56.6 Å². The van der Waals surface area contributed by atoms with Gasteiger partial charge in [-0.25, -0.2) is 13.2 Å². The summed E-state index contributed by atoms with van der Waals surface area (Å²) in [7, 11) is -3.51. The molecule has 0 saturated carbocycles. The predicted molar refractivity (Wildman–Crippen MR) is 99.0 cm³/mol. The number of H-pyrrole nitrogens is 1. The molecule has 26 heavy (non-hydrogen) atoms. The van der Waals surface area contributed by atoms with Crippen molar-refractivity contribution in [3.63, 3.8) is 0 Å². The molecular weight excluding hydrogens is 354 g/mol. The first-order chi connectivity index (χ1) is 12.5. The second kappa shape index (κ2) is 6.30. The minimum absolute atomic E-state index is 0.354. The first kappa shape index (κ1) is 16.9. The van der Waals surface area contributed by atoms with Gasteiger partial charge in [0.25, 0.3) is 0 Å². The lowest BCUT2D eigenvalue weighted by atomic mass is 10.2. The molecule has 0 aliphatic carbocycles. The summed E-state index contributed by atoms with van der Waals surface area (Å²) in [6.45, 7) is 3.61. The van der Waals surface area contributed by atoms with Gasteiger partial charge in [-0.05, 0) is 30.7 Å². The van der Waals surface area contributed by atoms with Crippen molar-refractivity contribution in [2.75, 3.05) is 31.1 Å². The maximum atomic E-state index is 12.9. The van der Waals surface area contributed by atoms with Crippen LogP contribution in [-0.2, 0) is 10.0 Å². The lowest BCUT2D eigenvalue weighted by Gasteiger charge is -2.35. The molecular formula is C18H19N3O4S. The van der Waals surface area contributed by atoms with E-state index >= 15 is 0 Å². The van der Waals surface area contributed by atoms with Crippen molar-refractivity contribution < 1.29 is 12.8 Å². The Morgan fingerprint density at radius 2 is 1.73 bits per heavy atom. The molecule has 0 amide bonds. The second-order valence-electron chi connectivity index (χ2n) is 6.32. The van der Waals surface area contributed by atoms with Crippen LogP contribution in [0.4, 0.5) is 5.69 Å². The number of hydrogen-bond acceptors (Lipinski definition) is 5. The number of anilines is 1. The highest BCUT2D eigenvalue weighted by atomic mass is 32.2. The fraction of sp³-hybridized carbons (Fsp3) is 0.278. The molecule has 0 spiro atoms. The number of aromatic amines is 1. The number of sulfonamides is 1. The van der Waals surface area contributed by atoms with Crippen LogP contribution in [0.25, 0.3) is 11.1 Å². The Balaban J connectivity index is 1.57. The molecule has 7 nitrogen and oxygen atoms in total. The highest BCUT2D eigenvalue weighted by molar-refractivity contribution is 7.89. The molecule has 0 atom stereocenters. The molecule has 1 saturated heterocycles. The lowest BCUT2D eigenvalue weighted by molar-refractivity contribution is 0.384. The summed E-state index contributed by atoms with van der Waals surface area (Å²) < 4.78 is 32.6. The molecule has 0 bridgehead atoms. The Morgan fingerprint density at radius 3 is 2.46 bits per heavy atom. The largest absolute Gasteiger partial charge is 0.417 e. The molecule has 136 valence electrons. The standard InChI is InChI=1S/C18H19N3O4S/c1-13-5-2-3-8-16(13)26(23,24)21-11-9-20(10-12-21)15-7-4-6-14-17(15)25-18(22)19-14/h2-8H,9-12H2,1H3,(H,19,22). The SMILES string of the molecule is Cc1ccccc1S(=O)(=O)N1CCN(c2cccc3[nH]c(=O)oc23)CC1. The molecule has 2 heterocycles. The summed E-state index contributed by atoms with van der Waals surface area (Å²) in [4.78, 5) is 16.5. The number of aryl methyl sites for hydroxylation is 1. The monoisotopic (exact) mass is 373 g/mol. The molecule has 1 N–H and O–H groups in total. The normalized spacial score (nSPS) is 16.3. The molecule has 4 rings (SSSR count). The van der Waals surface area contributed by atoms with E-state index in [2.05, 4.69) is 4.98 Å². The summed E-state index contributed by atoms with van der Waals surface area (Å²) in [5, 5.41) is 0. The van der Waals surface area contributed by atoms with Crippen molar-refractivity contribution in [1.82, 2.24) is 9.29 Å². The van der Waals surface area contributed by atoms with Crippen molar-refractivity contribution in [1.29, 1.82) is 0 Å². The van der Waals surface area contributed by atoms with Gasteiger partial charge in [0.05, 0.1) is 16.1 Å². The quantitative estimate of drug-likeness (QED) is 0.758. The minimum atomic E-state index is -3.51. The van der Waals surface area contributed by atoms with Gasteiger partial charge in [0.2, 0.25) is 10.0 Å². The van der Waals surface area contributed by atoms with Crippen LogP contribution >= 0.6 is 0 Å².